The molecule has 1 rings (SSSR count). The van der Waals surface area contributed by atoms with Crippen LogP contribution < -0.4 is 10.6 Å². The van der Waals surface area contributed by atoms with Gasteiger partial charge in [0.15, 0.2) is 0 Å². The van der Waals surface area contributed by atoms with Crippen LogP contribution in [0.25, 0.3) is 0 Å². The summed E-state index contributed by atoms with van der Waals surface area (Å²) in [5, 5.41) is 25.1. The van der Waals surface area contributed by atoms with Crippen molar-refractivity contribution in [1.82, 2.24) is 15.5 Å². The number of benzene rings is 1. The first kappa shape index (κ1) is 28.2. The minimum atomic E-state index is -1.33. The maximum atomic E-state index is 13.6. The van der Waals surface area contributed by atoms with Gasteiger partial charge in [-0.2, -0.15) is 0 Å². The van der Waals surface area contributed by atoms with E-state index >= 15 is 0 Å². The van der Waals surface area contributed by atoms with Gasteiger partial charge in [0.2, 0.25) is 11.8 Å². The Balaban J connectivity index is 3.50. The number of ether oxygens (including phenoxy) is 1. The number of carbonyl (C=O) groups is 3. The zero-order valence-corrected chi connectivity index (χ0v) is 21.1. The number of hydrogen-bond donors (Lipinski definition) is 4. The number of amides is 3. The van der Waals surface area contributed by atoms with Gasteiger partial charge in [-0.05, 0) is 85.6 Å². The Morgan fingerprint density at radius 3 is 2.06 bits per heavy atom. The molecule has 0 spiro atoms. The van der Waals surface area contributed by atoms with Crippen LogP contribution in [0.4, 0.5) is 4.79 Å². The summed E-state index contributed by atoms with van der Waals surface area (Å²) in [5.74, 6) is -1.01. The van der Waals surface area contributed by atoms with E-state index < -0.39 is 47.7 Å². The van der Waals surface area contributed by atoms with E-state index in [0.717, 1.165) is 0 Å². The van der Waals surface area contributed by atoms with Gasteiger partial charge >= 0.3 is 6.09 Å². The van der Waals surface area contributed by atoms with Gasteiger partial charge in [-0.15, -0.1) is 0 Å². The van der Waals surface area contributed by atoms with Gasteiger partial charge in [0, 0.05) is 11.6 Å². The molecule has 0 radical (unpaired) electrons. The van der Waals surface area contributed by atoms with Gasteiger partial charge in [-0.3, -0.25) is 9.59 Å². The molecule has 1 aromatic carbocycles. The fourth-order valence-corrected chi connectivity index (χ4v) is 3.28. The number of nitrogens with one attached hydrogen (secondary N) is 2. The molecule has 2 atom stereocenters. The van der Waals surface area contributed by atoms with Crippen LogP contribution in [0.5, 0.6) is 5.75 Å². The summed E-state index contributed by atoms with van der Waals surface area (Å²) in [6, 6.07) is 2.09. The second-order valence-corrected chi connectivity index (χ2v) is 10.4. The van der Waals surface area contributed by atoms with E-state index in [1.54, 1.807) is 74.4 Å². The molecule has 9 heteroatoms. The molecule has 0 aromatic heterocycles. The molecule has 0 aliphatic carbocycles. The summed E-state index contributed by atoms with van der Waals surface area (Å²) in [5.41, 5.74) is -0.632. The van der Waals surface area contributed by atoms with Crippen LogP contribution >= 0.6 is 0 Å². The molecule has 33 heavy (non-hydrogen) atoms. The Bertz CT molecular complexity index is 855. The number of carbonyl (C=O) groups excluding carboxylic acids is 3. The van der Waals surface area contributed by atoms with Crippen molar-refractivity contribution in [1.29, 1.82) is 0 Å². The Kier molecular flexibility index (Phi) is 9.30. The number of aromatic hydroxyl groups is 1. The van der Waals surface area contributed by atoms with Crippen LogP contribution in [0.3, 0.4) is 0 Å². The molecule has 0 heterocycles. The van der Waals surface area contributed by atoms with Gasteiger partial charge in [0.05, 0.1) is 6.61 Å². The second kappa shape index (κ2) is 10.9. The molecule has 4 N–H and O–H groups in total. The number of aliphatic hydroxyl groups is 1. The zero-order chi connectivity index (χ0) is 25.7. The fraction of sp³-hybridized carbons (Fsp3) is 0.625. The third-order valence-corrected chi connectivity index (χ3v) is 4.61. The Hall–Kier alpha value is -2.81. The average Bonchev–Trinajstić information content (AvgIpc) is 2.62. The lowest BCUT2D eigenvalue weighted by Crippen LogP contribution is -2.59. The monoisotopic (exact) mass is 465 g/mol. The SMILES string of the molecule is Cc1cc(C(C(=O)NC(C)C)N(C(=O)C(CO)NC(=O)OC(C)(C)C)C(C)(C)C)ccc1O. The fourth-order valence-electron chi connectivity index (χ4n) is 3.28. The number of rotatable bonds is 7. The molecule has 3 amide bonds. The lowest BCUT2D eigenvalue weighted by atomic mass is 9.94. The Morgan fingerprint density at radius 2 is 1.64 bits per heavy atom. The summed E-state index contributed by atoms with van der Waals surface area (Å²) < 4.78 is 5.22. The van der Waals surface area contributed by atoms with Crippen molar-refractivity contribution in [3.63, 3.8) is 0 Å². The van der Waals surface area contributed by atoms with Gasteiger partial charge in [0.1, 0.15) is 23.4 Å². The molecule has 186 valence electrons. The summed E-state index contributed by atoms with van der Waals surface area (Å²) in [6.45, 7) is 15.0. The maximum Gasteiger partial charge on any atom is 0.408 e. The maximum absolute atomic E-state index is 13.6. The molecule has 0 saturated carbocycles. The summed E-state index contributed by atoms with van der Waals surface area (Å²) in [4.78, 5) is 40.6. The second-order valence-electron chi connectivity index (χ2n) is 10.4. The predicted octanol–water partition coefficient (Wildman–Crippen LogP) is 2.78. The number of phenolic OH excluding ortho intramolecular Hbond substituents is 1. The number of aryl methyl sites for hydroxylation is 1. The molecular formula is C24H39N3O6. The predicted molar refractivity (Wildman–Crippen MR) is 126 cm³/mol. The highest BCUT2D eigenvalue weighted by Crippen LogP contribution is 2.32. The first-order chi connectivity index (χ1) is 15.0. The normalized spacial score (nSPS) is 13.8. The Labute approximate surface area is 196 Å². The minimum absolute atomic E-state index is 0.0650. The standard InChI is InChI=1S/C24H39N3O6/c1-14(2)25-20(30)19(16-10-11-18(29)15(3)12-16)27(23(4,5)6)21(31)17(13-28)26-22(32)33-24(7,8)9/h10-12,14,17,19,28-29H,13H2,1-9H3,(H,25,30)(H,26,32). The first-order valence-electron chi connectivity index (χ1n) is 11.0. The van der Waals surface area contributed by atoms with Gasteiger partial charge in [-0.25, -0.2) is 4.79 Å². The highest BCUT2D eigenvalue weighted by atomic mass is 16.6. The number of hydrogen-bond acceptors (Lipinski definition) is 6. The first-order valence-corrected chi connectivity index (χ1v) is 11.0. The van der Waals surface area contributed by atoms with Crippen LogP contribution in [0, 0.1) is 6.92 Å². The van der Waals surface area contributed by atoms with Crippen LogP contribution in [0.2, 0.25) is 0 Å². The third-order valence-electron chi connectivity index (χ3n) is 4.61. The zero-order valence-electron chi connectivity index (χ0n) is 21.1. The van der Waals surface area contributed by atoms with Crippen LogP contribution in [0.1, 0.15) is 72.6 Å². The van der Waals surface area contributed by atoms with E-state index in [-0.39, 0.29) is 11.8 Å². The molecule has 1 aromatic rings. The van der Waals surface area contributed by atoms with E-state index in [4.69, 9.17) is 4.74 Å². The summed E-state index contributed by atoms with van der Waals surface area (Å²) >= 11 is 0. The van der Waals surface area contributed by atoms with E-state index in [1.165, 1.54) is 11.0 Å². The summed E-state index contributed by atoms with van der Waals surface area (Å²) in [6.07, 6.45) is -0.854. The van der Waals surface area contributed by atoms with E-state index in [1.807, 2.05) is 0 Å². The van der Waals surface area contributed by atoms with Crippen molar-refractivity contribution in [2.45, 2.75) is 91.6 Å². The van der Waals surface area contributed by atoms with Crippen molar-refractivity contribution >= 4 is 17.9 Å². The average molecular weight is 466 g/mol. The van der Waals surface area contributed by atoms with Crippen molar-refractivity contribution < 1.29 is 29.3 Å². The third kappa shape index (κ3) is 8.24. The van der Waals surface area contributed by atoms with Crippen molar-refractivity contribution in [2.75, 3.05) is 6.61 Å². The molecule has 0 aliphatic heterocycles. The molecule has 0 aliphatic rings. The van der Waals surface area contributed by atoms with Crippen LogP contribution in [-0.4, -0.2) is 62.9 Å². The minimum Gasteiger partial charge on any atom is -0.508 e. The number of phenols is 1. The smallest absolute Gasteiger partial charge is 0.408 e. The van der Waals surface area contributed by atoms with Crippen LogP contribution in [-0.2, 0) is 14.3 Å². The van der Waals surface area contributed by atoms with Crippen molar-refractivity contribution in [3.8, 4) is 5.75 Å². The molecule has 0 fully saturated rings. The van der Waals surface area contributed by atoms with Crippen LogP contribution in [0.15, 0.2) is 18.2 Å². The van der Waals surface area contributed by atoms with Crippen molar-refractivity contribution in [3.05, 3.63) is 29.3 Å². The molecular weight excluding hydrogens is 426 g/mol. The van der Waals surface area contributed by atoms with Gasteiger partial charge in [-0.1, -0.05) is 6.07 Å². The molecule has 0 saturated heterocycles. The van der Waals surface area contributed by atoms with E-state index in [0.29, 0.717) is 11.1 Å². The van der Waals surface area contributed by atoms with Crippen molar-refractivity contribution in [2.24, 2.45) is 0 Å². The lowest BCUT2D eigenvalue weighted by Gasteiger charge is -2.43. The number of nitrogens with zero attached hydrogens (tertiary/aromatic N) is 1. The number of alkyl carbamates (subject to hydrolysis) is 1. The largest absolute Gasteiger partial charge is 0.508 e. The molecule has 2 unspecified atom stereocenters. The number of aliphatic hydroxyl groups excluding tert-OH is 1. The molecule has 9 nitrogen and oxygen atoms in total. The Morgan fingerprint density at radius 1 is 1.06 bits per heavy atom. The van der Waals surface area contributed by atoms with E-state index in [2.05, 4.69) is 10.6 Å². The molecule has 0 bridgehead atoms. The quantitative estimate of drug-likeness (QED) is 0.490. The van der Waals surface area contributed by atoms with Gasteiger partial charge in [0.25, 0.3) is 0 Å². The lowest BCUT2D eigenvalue weighted by molar-refractivity contribution is -0.149. The topological polar surface area (TPSA) is 128 Å². The summed E-state index contributed by atoms with van der Waals surface area (Å²) in [7, 11) is 0. The highest BCUT2D eigenvalue weighted by molar-refractivity contribution is 5.92. The highest BCUT2D eigenvalue weighted by Gasteiger charge is 2.42. The van der Waals surface area contributed by atoms with Gasteiger partial charge < -0.3 is 30.5 Å². The van der Waals surface area contributed by atoms with E-state index in [9.17, 15) is 24.6 Å².